The molecule has 2 heterocycles. The molecule has 2 aromatic rings. The average Bonchev–Trinajstić information content (AvgIpc) is 3.25. The Morgan fingerprint density at radius 3 is 2.32 bits per heavy atom. The minimum atomic E-state index is -0.481. The summed E-state index contributed by atoms with van der Waals surface area (Å²) < 4.78 is 5.06. The second-order valence-electron chi connectivity index (χ2n) is 7.13. The fraction of sp³-hybridized carbons (Fsp3) is 0.409. The maximum Gasteiger partial charge on any atom is 0.350 e. The molecule has 0 atom stereocenters. The standard InChI is InChI=1S/C22H25N3O5S/c1-4-6-9-12-24(22-23-14(3)18(31-22)21(29)30-5-2)17(26)13-25-19(27)15-10-7-8-11-16(15)20(25)28/h7-8,10-11H,4-6,9,12-13H2,1-3H3. The molecule has 1 aromatic carbocycles. The molecule has 0 N–H and O–H groups in total. The van der Waals surface area contributed by atoms with Gasteiger partial charge < -0.3 is 4.74 Å². The Labute approximate surface area is 184 Å². The van der Waals surface area contributed by atoms with Crippen molar-refractivity contribution in [2.24, 2.45) is 0 Å². The van der Waals surface area contributed by atoms with Gasteiger partial charge in [0.2, 0.25) is 5.91 Å². The summed E-state index contributed by atoms with van der Waals surface area (Å²) in [5, 5.41) is 0.360. The van der Waals surface area contributed by atoms with Crippen LogP contribution >= 0.6 is 11.3 Å². The smallest absolute Gasteiger partial charge is 0.350 e. The minimum Gasteiger partial charge on any atom is -0.462 e. The summed E-state index contributed by atoms with van der Waals surface area (Å²) in [6.45, 7) is 5.70. The highest BCUT2D eigenvalue weighted by Gasteiger charge is 2.37. The maximum atomic E-state index is 13.2. The molecular weight excluding hydrogens is 418 g/mol. The highest BCUT2D eigenvalue weighted by atomic mass is 32.1. The number of benzene rings is 1. The molecule has 0 bridgehead atoms. The first-order valence-electron chi connectivity index (χ1n) is 10.3. The Balaban J connectivity index is 1.83. The molecule has 1 aliphatic rings. The van der Waals surface area contributed by atoms with E-state index in [0.29, 0.717) is 33.4 Å². The molecule has 9 heteroatoms. The van der Waals surface area contributed by atoms with Crippen molar-refractivity contribution >= 4 is 40.2 Å². The van der Waals surface area contributed by atoms with Crippen molar-refractivity contribution in [2.45, 2.75) is 40.0 Å². The zero-order valence-corrected chi connectivity index (χ0v) is 18.7. The molecule has 3 rings (SSSR count). The molecule has 164 valence electrons. The van der Waals surface area contributed by atoms with Crippen molar-refractivity contribution < 1.29 is 23.9 Å². The van der Waals surface area contributed by atoms with Crippen LogP contribution in [0.5, 0.6) is 0 Å². The van der Waals surface area contributed by atoms with Crippen LogP contribution in [0.25, 0.3) is 0 Å². The van der Waals surface area contributed by atoms with E-state index in [0.717, 1.165) is 35.5 Å². The van der Waals surface area contributed by atoms with Crippen LogP contribution in [0.4, 0.5) is 5.13 Å². The summed E-state index contributed by atoms with van der Waals surface area (Å²) in [6.07, 6.45) is 2.61. The number of hydrogen-bond acceptors (Lipinski definition) is 7. The van der Waals surface area contributed by atoms with Crippen molar-refractivity contribution in [1.29, 1.82) is 0 Å². The molecule has 8 nitrogen and oxygen atoms in total. The lowest BCUT2D eigenvalue weighted by Crippen LogP contribution is -2.43. The van der Waals surface area contributed by atoms with Crippen molar-refractivity contribution in [2.75, 3.05) is 24.6 Å². The normalized spacial score (nSPS) is 12.8. The van der Waals surface area contributed by atoms with Crippen molar-refractivity contribution in [1.82, 2.24) is 9.88 Å². The number of rotatable bonds is 9. The van der Waals surface area contributed by atoms with Crippen LogP contribution in [0.2, 0.25) is 0 Å². The van der Waals surface area contributed by atoms with Gasteiger partial charge in [0.15, 0.2) is 5.13 Å². The van der Waals surface area contributed by atoms with Gasteiger partial charge >= 0.3 is 5.97 Å². The van der Waals surface area contributed by atoms with Crippen LogP contribution in [-0.2, 0) is 9.53 Å². The van der Waals surface area contributed by atoms with Crippen molar-refractivity contribution in [3.8, 4) is 0 Å². The number of anilines is 1. The molecule has 0 spiro atoms. The summed E-state index contributed by atoms with van der Waals surface area (Å²) in [4.78, 5) is 57.8. The molecule has 1 aliphatic heterocycles. The number of amides is 3. The zero-order valence-electron chi connectivity index (χ0n) is 17.8. The fourth-order valence-corrected chi connectivity index (χ4v) is 4.34. The van der Waals surface area contributed by atoms with Crippen LogP contribution in [0, 0.1) is 6.92 Å². The molecule has 31 heavy (non-hydrogen) atoms. The largest absolute Gasteiger partial charge is 0.462 e. The van der Waals surface area contributed by atoms with E-state index in [1.54, 1.807) is 38.1 Å². The number of hydrogen-bond donors (Lipinski definition) is 0. The van der Waals surface area contributed by atoms with Gasteiger partial charge in [-0.05, 0) is 32.4 Å². The quantitative estimate of drug-likeness (QED) is 0.335. The lowest BCUT2D eigenvalue weighted by molar-refractivity contribution is -0.119. The molecule has 0 saturated carbocycles. The van der Waals surface area contributed by atoms with Gasteiger partial charge in [-0.25, -0.2) is 9.78 Å². The predicted octanol–water partition coefficient (Wildman–Crippen LogP) is 3.45. The van der Waals surface area contributed by atoms with Gasteiger partial charge in [-0.3, -0.25) is 24.2 Å². The van der Waals surface area contributed by atoms with E-state index < -0.39 is 23.7 Å². The van der Waals surface area contributed by atoms with Crippen LogP contribution < -0.4 is 4.90 Å². The van der Waals surface area contributed by atoms with Crippen LogP contribution in [0.15, 0.2) is 24.3 Å². The van der Waals surface area contributed by atoms with E-state index in [1.807, 2.05) is 0 Å². The van der Waals surface area contributed by atoms with Gasteiger partial charge in [0.25, 0.3) is 11.8 Å². The average molecular weight is 444 g/mol. The third-order valence-electron chi connectivity index (χ3n) is 4.93. The van der Waals surface area contributed by atoms with Gasteiger partial charge in [-0.1, -0.05) is 43.2 Å². The Morgan fingerprint density at radius 1 is 1.10 bits per heavy atom. The van der Waals surface area contributed by atoms with Gasteiger partial charge in [-0.2, -0.15) is 0 Å². The van der Waals surface area contributed by atoms with Crippen molar-refractivity contribution in [3.63, 3.8) is 0 Å². The monoisotopic (exact) mass is 443 g/mol. The number of carbonyl (C=O) groups is 4. The number of imide groups is 1. The molecule has 0 unspecified atom stereocenters. The highest BCUT2D eigenvalue weighted by molar-refractivity contribution is 7.17. The molecule has 3 amide bonds. The molecule has 0 radical (unpaired) electrons. The van der Waals surface area contributed by atoms with E-state index in [9.17, 15) is 19.2 Å². The van der Waals surface area contributed by atoms with Crippen LogP contribution in [-0.4, -0.2) is 53.3 Å². The predicted molar refractivity (Wildman–Crippen MR) is 116 cm³/mol. The third kappa shape index (κ3) is 4.66. The Kier molecular flexibility index (Phi) is 7.17. The number of unbranched alkanes of at least 4 members (excludes halogenated alkanes) is 2. The van der Waals surface area contributed by atoms with E-state index in [2.05, 4.69) is 11.9 Å². The highest BCUT2D eigenvalue weighted by Crippen LogP contribution is 2.28. The molecular formula is C22H25N3O5S. The number of fused-ring (bicyclic) bond motifs is 1. The van der Waals surface area contributed by atoms with Crippen LogP contribution in [0.3, 0.4) is 0 Å². The molecule has 0 fully saturated rings. The first kappa shape index (κ1) is 22.6. The first-order valence-corrected chi connectivity index (χ1v) is 11.1. The number of thiazole rings is 1. The van der Waals surface area contributed by atoms with Gasteiger partial charge in [0, 0.05) is 6.54 Å². The van der Waals surface area contributed by atoms with Gasteiger partial charge in [0.1, 0.15) is 11.4 Å². The summed E-state index contributed by atoms with van der Waals surface area (Å²) in [5.74, 6) is -1.87. The van der Waals surface area contributed by atoms with Gasteiger partial charge in [-0.15, -0.1) is 0 Å². The fourth-order valence-electron chi connectivity index (χ4n) is 3.33. The molecule has 0 saturated heterocycles. The summed E-state index contributed by atoms with van der Waals surface area (Å²) >= 11 is 1.08. The Hall–Kier alpha value is -3.07. The summed E-state index contributed by atoms with van der Waals surface area (Å²) in [6, 6.07) is 6.52. The second-order valence-corrected chi connectivity index (χ2v) is 8.10. The number of carbonyl (C=O) groups excluding carboxylic acids is 4. The number of aryl methyl sites for hydroxylation is 1. The Morgan fingerprint density at radius 2 is 1.74 bits per heavy atom. The van der Waals surface area contributed by atoms with E-state index in [-0.39, 0.29) is 13.2 Å². The van der Waals surface area contributed by atoms with Crippen LogP contribution in [0.1, 0.15) is 69.2 Å². The minimum absolute atomic E-state index is 0.240. The Bertz CT molecular complexity index is 981. The van der Waals surface area contributed by atoms with E-state index in [1.165, 1.54) is 4.90 Å². The van der Waals surface area contributed by atoms with E-state index in [4.69, 9.17) is 4.74 Å². The lowest BCUT2D eigenvalue weighted by Gasteiger charge is -2.22. The van der Waals surface area contributed by atoms with Gasteiger partial charge in [0.05, 0.1) is 23.4 Å². The second kappa shape index (κ2) is 9.82. The SMILES string of the molecule is CCCCCN(C(=O)CN1C(=O)c2ccccc2C1=O)c1nc(C)c(C(=O)OCC)s1. The number of esters is 1. The number of aromatic nitrogens is 1. The lowest BCUT2D eigenvalue weighted by atomic mass is 10.1. The summed E-state index contributed by atoms with van der Waals surface area (Å²) in [7, 11) is 0. The topological polar surface area (TPSA) is 96.9 Å². The van der Waals surface area contributed by atoms with E-state index >= 15 is 0 Å². The first-order chi connectivity index (χ1) is 14.9. The number of ether oxygens (including phenoxy) is 1. The number of nitrogens with zero attached hydrogens (tertiary/aromatic N) is 3. The zero-order chi connectivity index (χ0) is 22.5. The van der Waals surface area contributed by atoms with Crippen molar-refractivity contribution in [3.05, 3.63) is 46.0 Å². The third-order valence-corrected chi connectivity index (χ3v) is 6.10. The molecule has 0 aliphatic carbocycles. The molecule has 1 aromatic heterocycles. The summed E-state index contributed by atoms with van der Waals surface area (Å²) in [5.41, 5.74) is 1.08. The maximum absolute atomic E-state index is 13.2.